The average Bonchev–Trinajstić information content (AvgIpc) is 2.71. The van der Waals surface area contributed by atoms with Gasteiger partial charge in [0.2, 0.25) is 0 Å². The van der Waals surface area contributed by atoms with Gasteiger partial charge in [-0.1, -0.05) is 24.3 Å². The Morgan fingerprint density at radius 3 is 2.79 bits per heavy atom. The Bertz CT molecular complexity index is 1100. The highest BCUT2D eigenvalue weighted by molar-refractivity contribution is 7.71. The van der Waals surface area contributed by atoms with E-state index in [9.17, 15) is 9.59 Å². The molecule has 1 aromatic heterocycles. The molecular weight excluding hydrogens is 374 g/mol. The normalized spacial score (nSPS) is 10.6. The van der Waals surface area contributed by atoms with E-state index in [1.54, 1.807) is 24.3 Å². The molecule has 2 N–H and O–H groups in total. The molecule has 1 amide bonds. The molecule has 6 nitrogen and oxygen atoms in total. The Labute approximate surface area is 167 Å². The summed E-state index contributed by atoms with van der Waals surface area (Å²) in [5, 5.41) is 3.33. The lowest BCUT2D eigenvalue weighted by Gasteiger charge is -2.09. The smallest absolute Gasteiger partial charge is 0.262 e. The number of nitrogens with one attached hydrogen (secondary N) is 2. The number of hydrogen-bond donors (Lipinski definition) is 2. The number of ether oxygens (including phenoxy) is 1. The maximum Gasteiger partial charge on any atom is 0.262 e. The van der Waals surface area contributed by atoms with Gasteiger partial charge in [0.05, 0.1) is 17.5 Å². The Hall–Kier alpha value is -3.19. The zero-order valence-corrected chi connectivity index (χ0v) is 16.1. The van der Waals surface area contributed by atoms with Crippen LogP contribution in [0.3, 0.4) is 0 Å². The van der Waals surface area contributed by atoms with E-state index in [0.29, 0.717) is 47.4 Å². The number of carbonyl (C=O) groups is 1. The van der Waals surface area contributed by atoms with Gasteiger partial charge in [-0.2, -0.15) is 0 Å². The van der Waals surface area contributed by atoms with Gasteiger partial charge in [0, 0.05) is 18.7 Å². The first-order chi connectivity index (χ1) is 13.6. The van der Waals surface area contributed by atoms with E-state index in [-0.39, 0.29) is 11.5 Å². The van der Waals surface area contributed by atoms with Crippen molar-refractivity contribution in [3.63, 3.8) is 0 Å². The van der Waals surface area contributed by atoms with E-state index in [0.717, 1.165) is 5.75 Å². The van der Waals surface area contributed by atoms with Crippen molar-refractivity contribution in [2.24, 2.45) is 0 Å². The van der Waals surface area contributed by atoms with E-state index in [1.807, 2.05) is 30.3 Å². The summed E-state index contributed by atoms with van der Waals surface area (Å²) in [5.74, 6) is 0.594. The molecule has 28 heavy (non-hydrogen) atoms. The van der Waals surface area contributed by atoms with Gasteiger partial charge in [-0.15, -0.1) is 6.58 Å². The van der Waals surface area contributed by atoms with Crippen LogP contribution in [0.25, 0.3) is 10.9 Å². The lowest BCUT2D eigenvalue weighted by molar-refractivity contribution is 0.0951. The Balaban J connectivity index is 1.62. The molecule has 0 radical (unpaired) electrons. The summed E-state index contributed by atoms with van der Waals surface area (Å²) < 4.78 is 7.32. The highest BCUT2D eigenvalue weighted by atomic mass is 32.1. The standard InChI is InChI=1S/C21H21N3O3S/c1-2-12-24-20(26)17-10-9-15(14-18(17)23-21(24)28)19(25)22-11-6-13-27-16-7-4-3-5-8-16/h2-5,7-10,14H,1,6,11-13H2,(H,22,25)(H,23,28). The van der Waals surface area contributed by atoms with Crippen molar-refractivity contribution in [2.45, 2.75) is 13.0 Å². The van der Waals surface area contributed by atoms with Crippen LogP contribution in [0.2, 0.25) is 0 Å². The maximum absolute atomic E-state index is 12.5. The number of amides is 1. The first-order valence-corrected chi connectivity index (χ1v) is 9.35. The molecular formula is C21H21N3O3S. The fourth-order valence-electron chi connectivity index (χ4n) is 2.77. The van der Waals surface area contributed by atoms with E-state index in [1.165, 1.54) is 4.57 Å². The van der Waals surface area contributed by atoms with Crippen molar-refractivity contribution in [2.75, 3.05) is 13.2 Å². The van der Waals surface area contributed by atoms with Crippen LogP contribution in [0, 0.1) is 4.77 Å². The molecule has 3 aromatic rings. The molecule has 7 heteroatoms. The molecule has 0 bridgehead atoms. The average molecular weight is 395 g/mol. The van der Waals surface area contributed by atoms with Crippen LogP contribution in [0.4, 0.5) is 0 Å². The van der Waals surface area contributed by atoms with E-state index in [4.69, 9.17) is 17.0 Å². The quantitative estimate of drug-likeness (QED) is 0.348. The second-order valence-corrected chi connectivity index (χ2v) is 6.55. The Morgan fingerprint density at radius 2 is 2.04 bits per heavy atom. The highest BCUT2D eigenvalue weighted by Crippen LogP contribution is 2.11. The summed E-state index contributed by atoms with van der Waals surface area (Å²) in [5.41, 5.74) is 0.794. The van der Waals surface area contributed by atoms with Crippen LogP contribution >= 0.6 is 12.2 Å². The van der Waals surface area contributed by atoms with Crippen molar-refractivity contribution in [3.05, 3.63) is 81.9 Å². The number of rotatable bonds is 8. The number of aromatic nitrogens is 2. The third kappa shape index (κ3) is 4.55. The van der Waals surface area contributed by atoms with E-state index >= 15 is 0 Å². The van der Waals surface area contributed by atoms with Gasteiger partial charge >= 0.3 is 0 Å². The third-order valence-corrected chi connectivity index (χ3v) is 4.50. The molecule has 144 valence electrons. The molecule has 0 aliphatic rings. The molecule has 0 saturated heterocycles. The van der Waals surface area contributed by atoms with Crippen molar-refractivity contribution >= 4 is 29.0 Å². The van der Waals surface area contributed by atoms with Gasteiger partial charge < -0.3 is 15.0 Å². The summed E-state index contributed by atoms with van der Waals surface area (Å²) in [4.78, 5) is 27.9. The van der Waals surface area contributed by atoms with Crippen LogP contribution in [-0.4, -0.2) is 28.6 Å². The number of fused-ring (bicyclic) bond motifs is 1. The maximum atomic E-state index is 12.5. The second kappa shape index (κ2) is 9.14. The number of benzene rings is 2. The number of carbonyl (C=O) groups excluding carboxylic acids is 1. The Kier molecular flexibility index (Phi) is 6.39. The molecule has 0 aliphatic heterocycles. The Morgan fingerprint density at radius 1 is 1.25 bits per heavy atom. The summed E-state index contributed by atoms with van der Waals surface area (Å²) in [7, 11) is 0. The minimum absolute atomic E-state index is 0.205. The predicted molar refractivity (Wildman–Crippen MR) is 112 cm³/mol. The molecule has 0 fully saturated rings. The van der Waals surface area contributed by atoms with Gasteiger partial charge in [0.1, 0.15) is 5.75 Å². The molecule has 3 rings (SSSR count). The lowest BCUT2D eigenvalue weighted by Crippen LogP contribution is -2.26. The number of nitrogens with zero attached hydrogens (tertiary/aromatic N) is 1. The van der Waals surface area contributed by atoms with E-state index < -0.39 is 0 Å². The van der Waals surface area contributed by atoms with Gasteiger partial charge in [-0.3, -0.25) is 14.2 Å². The monoisotopic (exact) mass is 395 g/mol. The van der Waals surface area contributed by atoms with Gasteiger partial charge in [-0.25, -0.2) is 0 Å². The SMILES string of the molecule is C=CCn1c(=S)[nH]c2cc(C(=O)NCCCOc3ccccc3)ccc2c1=O. The first-order valence-electron chi connectivity index (χ1n) is 8.94. The number of para-hydroxylation sites is 1. The van der Waals surface area contributed by atoms with Crippen molar-refractivity contribution in [1.29, 1.82) is 0 Å². The first kappa shape index (κ1) is 19.6. The minimum Gasteiger partial charge on any atom is -0.494 e. The zero-order valence-electron chi connectivity index (χ0n) is 15.3. The van der Waals surface area contributed by atoms with Crippen LogP contribution in [0.1, 0.15) is 16.8 Å². The highest BCUT2D eigenvalue weighted by Gasteiger charge is 2.09. The van der Waals surface area contributed by atoms with Crippen molar-refractivity contribution < 1.29 is 9.53 Å². The number of hydrogen-bond acceptors (Lipinski definition) is 4. The summed E-state index contributed by atoms with van der Waals surface area (Å²) in [6.07, 6.45) is 2.29. The molecule has 1 heterocycles. The molecule has 2 aromatic carbocycles. The fraction of sp³-hybridized carbons (Fsp3) is 0.190. The van der Waals surface area contributed by atoms with Gasteiger partial charge in [-0.05, 0) is 49.0 Å². The van der Waals surface area contributed by atoms with Crippen molar-refractivity contribution in [3.8, 4) is 5.75 Å². The van der Waals surface area contributed by atoms with E-state index in [2.05, 4.69) is 16.9 Å². The number of aromatic amines is 1. The molecule has 0 atom stereocenters. The minimum atomic E-state index is -0.212. The summed E-state index contributed by atoms with van der Waals surface area (Å²) in [6.45, 7) is 4.96. The van der Waals surface area contributed by atoms with Gasteiger partial charge in [0.15, 0.2) is 4.77 Å². The van der Waals surface area contributed by atoms with Crippen molar-refractivity contribution in [1.82, 2.24) is 14.9 Å². The van der Waals surface area contributed by atoms with Gasteiger partial charge in [0.25, 0.3) is 11.5 Å². The lowest BCUT2D eigenvalue weighted by atomic mass is 10.1. The molecule has 0 aliphatic carbocycles. The van der Waals surface area contributed by atoms with Crippen LogP contribution in [-0.2, 0) is 6.54 Å². The summed E-state index contributed by atoms with van der Waals surface area (Å²) >= 11 is 5.23. The predicted octanol–water partition coefficient (Wildman–Crippen LogP) is 3.44. The third-order valence-electron chi connectivity index (χ3n) is 4.17. The summed E-state index contributed by atoms with van der Waals surface area (Å²) in [6, 6.07) is 14.4. The van der Waals surface area contributed by atoms with Crippen LogP contribution in [0.5, 0.6) is 5.75 Å². The largest absolute Gasteiger partial charge is 0.494 e. The molecule has 0 spiro atoms. The second-order valence-electron chi connectivity index (χ2n) is 6.17. The zero-order chi connectivity index (χ0) is 19.9. The number of allylic oxidation sites excluding steroid dienone is 1. The molecule has 0 saturated carbocycles. The fourth-order valence-corrected chi connectivity index (χ4v) is 3.04. The molecule has 0 unspecified atom stereocenters. The number of H-pyrrole nitrogens is 1. The van der Waals surface area contributed by atoms with Crippen LogP contribution < -0.4 is 15.6 Å². The topological polar surface area (TPSA) is 76.1 Å². The van der Waals surface area contributed by atoms with Crippen LogP contribution in [0.15, 0.2) is 66.0 Å².